The number of hydrogen-bond acceptors (Lipinski definition) is 2. The van der Waals surface area contributed by atoms with E-state index in [0.717, 1.165) is 53.4 Å². The molecular weight excluding hydrogens is 416 g/mol. The Kier molecular flexibility index (Phi) is 7.32. The number of rotatable bonds is 7. The normalized spacial score (nSPS) is 17.6. The Bertz CT molecular complexity index is 1020. The van der Waals surface area contributed by atoms with Crippen LogP contribution in [0.2, 0.25) is 0 Å². The van der Waals surface area contributed by atoms with E-state index in [1.807, 2.05) is 26.8 Å². The Morgan fingerprint density at radius 2 is 1.81 bits per heavy atom. The van der Waals surface area contributed by atoms with E-state index in [2.05, 4.69) is 17.6 Å². The van der Waals surface area contributed by atoms with E-state index in [9.17, 15) is 17.6 Å². The number of aryl methyl sites for hydroxylation is 1. The van der Waals surface area contributed by atoms with Crippen LogP contribution in [0.1, 0.15) is 74.9 Å². The maximum atomic E-state index is 14.0. The number of dihydropyridines is 1. The first-order valence-corrected chi connectivity index (χ1v) is 11.0. The topological polar surface area (TPSA) is 24.1 Å². The van der Waals surface area contributed by atoms with Gasteiger partial charge in [0.05, 0.1) is 11.6 Å². The Morgan fingerprint density at radius 1 is 1.09 bits per heavy atom. The molecule has 0 fully saturated rings. The average Bonchev–Trinajstić information content (AvgIpc) is 2.75. The van der Waals surface area contributed by atoms with Gasteiger partial charge < -0.3 is 10.6 Å². The van der Waals surface area contributed by atoms with Crippen LogP contribution >= 0.6 is 0 Å². The third-order valence-corrected chi connectivity index (χ3v) is 6.02. The summed E-state index contributed by atoms with van der Waals surface area (Å²) in [4.78, 5) is 0. The molecule has 2 atom stereocenters. The number of unbranched alkanes of at least 4 members (excludes halogenated alkanes) is 1. The lowest BCUT2D eigenvalue weighted by Crippen LogP contribution is -2.30. The second kappa shape index (κ2) is 9.80. The van der Waals surface area contributed by atoms with E-state index >= 15 is 0 Å². The summed E-state index contributed by atoms with van der Waals surface area (Å²) in [6.45, 7) is 7.84. The Hall–Kier alpha value is -2.76. The first-order valence-electron chi connectivity index (χ1n) is 11.0. The molecule has 0 bridgehead atoms. The summed E-state index contributed by atoms with van der Waals surface area (Å²) in [5.41, 5.74) is 3.95. The number of benzene rings is 2. The number of nitrogens with one attached hydrogen (secondary N) is 2. The highest BCUT2D eigenvalue weighted by Gasteiger charge is 2.35. The summed E-state index contributed by atoms with van der Waals surface area (Å²) in [6.07, 6.45) is 0.249. The lowest BCUT2D eigenvalue weighted by Gasteiger charge is -2.30. The third-order valence-electron chi connectivity index (χ3n) is 6.02. The van der Waals surface area contributed by atoms with E-state index in [1.54, 1.807) is 18.2 Å². The smallest absolute Gasteiger partial charge is 0.378 e. The van der Waals surface area contributed by atoms with Gasteiger partial charge in [0.2, 0.25) is 0 Å². The van der Waals surface area contributed by atoms with Crippen molar-refractivity contribution in [2.45, 2.75) is 65.2 Å². The molecular formula is C26H30F4N2. The number of halogens is 4. The SMILES string of the molecule is CCCCc1ccc(F)cc1C(C)NC1=CC(c2ccccc2C(F)(F)F)NC(C)=C1C. The molecule has 1 heterocycles. The Labute approximate surface area is 187 Å². The summed E-state index contributed by atoms with van der Waals surface area (Å²) < 4.78 is 54.8. The molecule has 32 heavy (non-hydrogen) atoms. The Balaban J connectivity index is 1.94. The molecule has 0 saturated carbocycles. The minimum absolute atomic E-state index is 0.174. The fraction of sp³-hybridized carbons (Fsp3) is 0.385. The van der Waals surface area contributed by atoms with E-state index < -0.39 is 17.8 Å². The van der Waals surface area contributed by atoms with Gasteiger partial charge in [-0.15, -0.1) is 0 Å². The molecule has 2 unspecified atom stereocenters. The molecule has 0 aliphatic carbocycles. The molecule has 2 N–H and O–H groups in total. The number of alkyl halides is 3. The zero-order chi connectivity index (χ0) is 23.5. The van der Waals surface area contributed by atoms with Crippen LogP contribution in [0, 0.1) is 5.82 Å². The van der Waals surface area contributed by atoms with Crippen LogP contribution in [0.25, 0.3) is 0 Å². The van der Waals surface area contributed by atoms with Crippen molar-refractivity contribution in [3.63, 3.8) is 0 Å². The molecule has 1 aliphatic rings. The molecule has 0 aromatic heterocycles. The molecule has 1 aliphatic heterocycles. The molecule has 0 saturated heterocycles. The molecule has 0 amide bonds. The van der Waals surface area contributed by atoms with Crippen molar-refractivity contribution in [1.29, 1.82) is 0 Å². The second-order valence-electron chi connectivity index (χ2n) is 8.35. The fourth-order valence-electron chi connectivity index (χ4n) is 4.10. The van der Waals surface area contributed by atoms with Crippen molar-refractivity contribution in [2.24, 2.45) is 0 Å². The molecule has 6 heteroatoms. The van der Waals surface area contributed by atoms with Gasteiger partial charge in [-0.25, -0.2) is 4.39 Å². The van der Waals surface area contributed by atoms with Gasteiger partial charge in [-0.05, 0) is 80.2 Å². The average molecular weight is 447 g/mol. The molecule has 0 radical (unpaired) electrons. The van der Waals surface area contributed by atoms with Crippen molar-refractivity contribution in [1.82, 2.24) is 10.6 Å². The van der Waals surface area contributed by atoms with Crippen LogP contribution in [0.4, 0.5) is 17.6 Å². The minimum atomic E-state index is -4.44. The third kappa shape index (κ3) is 5.34. The lowest BCUT2D eigenvalue weighted by atomic mass is 9.93. The van der Waals surface area contributed by atoms with Crippen LogP contribution in [0.15, 0.2) is 65.5 Å². The molecule has 172 valence electrons. The minimum Gasteiger partial charge on any atom is -0.378 e. The summed E-state index contributed by atoms with van der Waals surface area (Å²) in [5.74, 6) is -0.298. The number of hydrogen-bond donors (Lipinski definition) is 2. The summed E-state index contributed by atoms with van der Waals surface area (Å²) >= 11 is 0. The van der Waals surface area contributed by atoms with Gasteiger partial charge in [0, 0.05) is 17.4 Å². The van der Waals surface area contributed by atoms with E-state index in [1.165, 1.54) is 18.2 Å². The monoisotopic (exact) mass is 446 g/mol. The highest BCUT2D eigenvalue weighted by Crippen LogP contribution is 2.37. The van der Waals surface area contributed by atoms with Crippen molar-refractivity contribution in [2.75, 3.05) is 0 Å². The Morgan fingerprint density at radius 3 is 2.50 bits per heavy atom. The molecule has 3 rings (SSSR count). The second-order valence-corrected chi connectivity index (χ2v) is 8.35. The maximum absolute atomic E-state index is 14.0. The van der Waals surface area contributed by atoms with E-state index in [-0.39, 0.29) is 17.4 Å². The van der Waals surface area contributed by atoms with Crippen LogP contribution in [0.3, 0.4) is 0 Å². The van der Waals surface area contributed by atoms with Crippen molar-refractivity contribution in [3.8, 4) is 0 Å². The highest BCUT2D eigenvalue weighted by molar-refractivity contribution is 5.44. The van der Waals surface area contributed by atoms with Gasteiger partial charge in [-0.1, -0.05) is 37.6 Å². The molecule has 2 aromatic rings. The largest absolute Gasteiger partial charge is 0.416 e. The first-order chi connectivity index (χ1) is 15.1. The molecule has 2 aromatic carbocycles. The zero-order valence-corrected chi connectivity index (χ0v) is 18.9. The standard InChI is InChI=1S/C26H30F4N2/c1-5-6-9-19-12-13-20(27)14-22(19)18(4)32-24-15-25(31-17(3)16(24)2)21-10-7-8-11-23(21)26(28,29)30/h7-8,10-15,18,25,31-32H,5-6,9H2,1-4H3. The highest BCUT2D eigenvalue weighted by atomic mass is 19.4. The van der Waals surface area contributed by atoms with Gasteiger partial charge in [0.25, 0.3) is 0 Å². The van der Waals surface area contributed by atoms with Crippen molar-refractivity contribution >= 4 is 0 Å². The van der Waals surface area contributed by atoms with Gasteiger partial charge in [-0.3, -0.25) is 0 Å². The van der Waals surface area contributed by atoms with Crippen molar-refractivity contribution < 1.29 is 17.6 Å². The van der Waals surface area contributed by atoms with Crippen LogP contribution < -0.4 is 10.6 Å². The van der Waals surface area contributed by atoms with Gasteiger partial charge in [-0.2, -0.15) is 13.2 Å². The lowest BCUT2D eigenvalue weighted by molar-refractivity contribution is -0.138. The van der Waals surface area contributed by atoms with Crippen molar-refractivity contribution in [3.05, 3.63) is 93.6 Å². The fourth-order valence-corrected chi connectivity index (χ4v) is 4.10. The molecule has 2 nitrogen and oxygen atoms in total. The quantitative estimate of drug-likeness (QED) is 0.434. The summed E-state index contributed by atoms with van der Waals surface area (Å²) in [5, 5.41) is 6.62. The number of allylic oxidation sites excluding steroid dienone is 2. The van der Waals surface area contributed by atoms with Crippen LogP contribution in [-0.4, -0.2) is 0 Å². The van der Waals surface area contributed by atoms with Gasteiger partial charge >= 0.3 is 6.18 Å². The predicted molar refractivity (Wildman–Crippen MR) is 120 cm³/mol. The summed E-state index contributed by atoms with van der Waals surface area (Å²) in [7, 11) is 0. The zero-order valence-electron chi connectivity index (χ0n) is 18.9. The maximum Gasteiger partial charge on any atom is 0.416 e. The predicted octanol–water partition coefficient (Wildman–Crippen LogP) is 7.36. The first kappa shape index (κ1) is 23.9. The summed E-state index contributed by atoms with van der Waals surface area (Å²) in [6, 6.07) is 9.64. The van der Waals surface area contributed by atoms with Gasteiger partial charge in [0.1, 0.15) is 5.82 Å². The van der Waals surface area contributed by atoms with Crippen LogP contribution in [0.5, 0.6) is 0 Å². The van der Waals surface area contributed by atoms with E-state index in [0.29, 0.717) is 0 Å². The van der Waals surface area contributed by atoms with Gasteiger partial charge in [0.15, 0.2) is 0 Å². The molecule has 0 spiro atoms. The van der Waals surface area contributed by atoms with Crippen LogP contribution in [-0.2, 0) is 12.6 Å². The van der Waals surface area contributed by atoms with E-state index in [4.69, 9.17) is 0 Å².